The Balaban J connectivity index is 1.60. The first kappa shape index (κ1) is 21.8. The number of ether oxygens (including phenoxy) is 1. The van der Waals surface area contributed by atoms with Gasteiger partial charge in [0.2, 0.25) is 0 Å². The van der Waals surface area contributed by atoms with Gasteiger partial charge in [-0.1, -0.05) is 0 Å². The molecule has 1 aliphatic rings. The molecule has 164 valence electrons. The Labute approximate surface area is 176 Å². The monoisotopic (exact) mass is 417 g/mol. The number of nitrogens with zero attached hydrogens (tertiary/aromatic N) is 6. The highest BCUT2D eigenvalue weighted by Crippen LogP contribution is 2.10. The molecule has 3 heterocycles. The fourth-order valence-corrected chi connectivity index (χ4v) is 3.20. The summed E-state index contributed by atoms with van der Waals surface area (Å²) in [5.41, 5.74) is 0. The van der Waals surface area contributed by atoms with Crippen molar-refractivity contribution in [3.05, 3.63) is 35.8 Å². The van der Waals surface area contributed by atoms with Gasteiger partial charge in [-0.05, 0) is 32.4 Å². The second-order valence-electron chi connectivity index (χ2n) is 7.10. The largest absolute Gasteiger partial charge is 0.459 e. The molecular formula is C20H31N7O3. The summed E-state index contributed by atoms with van der Waals surface area (Å²) < 4.78 is 12.6. The first-order valence-corrected chi connectivity index (χ1v) is 10.4. The van der Waals surface area contributed by atoms with Crippen LogP contribution in [0, 0.1) is 6.92 Å². The summed E-state index contributed by atoms with van der Waals surface area (Å²) >= 11 is 0. The van der Waals surface area contributed by atoms with Gasteiger partial charge in [0.15, 0.2) is 17.5 Å². The lowest BCUT2D eigenvalue weighted by Gasteiger charge is -2.36. The van der Waals surface area contributed by atoms with Crippen LogP contribution in [0.3, 0.4) is 0 Å². The molecule has 1 fully saturated rings. The van der Waals surface area contributed by atoms with Crippen LogP contribution in [0.15, 0.2) is 27.8 Å². The van der Waals surface area contributed by atoms with Gasteiger partial charge in [0.25, 0.3) is 5.91 Å². The van der Waals surface area contributed by atoms with Crippen LogP contribution < -0.4 is 5.32 Å². The van der Waals surface area contributed by atoms with Crippen LogP contribution in [0.4, 0.5) is 0 Å². The van der Waals surface area contributed by atoms with E-state index in [0.29, 0.717) is 45.1 Å². The zero-order chi connectivity index (χ0) is 21.3. The van der Waals surface area contributed by atoms with Crippen LogP contribution in [0.25, 0.3) is 0 Å². The normalized spacial score (nSPS) is 15.0. The number of aromatic nitrogens is 3. The number of carbonyl (C=O) groups excluding carboxylic acids is 1. The Morgan fingerprint density at radius 3 is 2.67 bits per heavy atom. The zero-order valence-corrected chi connectivity index (χ0v) is 18.0. The van der Waals surface area contributed by atoms with E-state index in [2.05, 4.69) is 20.4 Å². The van der Waals surface area contributed by atoms with E-state index < -0.39 is 0 Å². The Bertz CT molecular complexity index is 824. The van der Waals surface area contributed by atoms with Crippen LogP contribution in [0.2, 0.25) is 0 Å². The Morgan fingerprint density at radius 2 is 2.03 bits per heavy atom. The van der Waals surface area contributed by atoms with Crippen LogP contribution in [-0.2, 0) is 18.3 Å². The zero-order valence-electron chi connectivity index (χ0n) is 18.0. The number of hydrogen-bond donors (Lipinski definition) is 1. The van der Waals surface area contributed by atoms with Crippen molar-refractivity contribution in [1.29, 1.82) is 0 Å². The van der Waals surface area contributed by atoms with Gasteiger partial charge in [-0.3, -0.25) is 4.79 Å². The Morgan fingerprint density at radius 1 is 1.27 bits per heavy atom. The fourth-order valence-electron chi connectivity index (χ4n) is 3.20. The third kappa shape index (κ3) is 5.59. The number of carbonyl (C=O) groups is 1. The minimum atomic E-state index is -0.0719. The van der Waals surface area contributed by atoms with Crippen molar-refractivity contribution in [2.75, 3.05) is 45.9 Å². The molecule has 0 aliphatic carbocycles. The number of hydrogen-bond acceptors (Lipinski definition) is 6. The van der Waals surface area contributed by atoms with Gasteiger partial charge in [-0.15, -0.1) is 10.2 Å². The molecule has 0 spiro atoms. The molecule has 1 amide bonds. The molecule has 0 aromatic carbocycles. The third-order valence-corrected chi connectivity index (χ3v) is 5.10. The summed E-state index contributed by atoms with van der Waals surface area (Å²) in [4.78, 5) is 21.3. The Hall–Kier alpha value is -2.88. The van der Waals surface area contributed by atoms with Crippen molar-refractivity contribution in [3.63, 3.8) is 0 Å². The number of furan rings is 1. The van der Waals surface area contributed by atoms with Crippen LogP contribution in [-0.4, -0.2) is 82.4 Å². The SMILES string of the molecule is CCOCCCNC(=NCc1nnc(C)n1C)N1CCN(C(=O)c2ccco2)CC1. The molecule has 2 aromatic rings. The lowest BCUT2D eigenvalue weighted by Crippen LogP contribution is -2.54. The molecule has 0 saturated carbocycles. The maximum atomic E-state index is 12.5. The van der Waals surface area contributed by atoms with E-state index in [1.165, 1.54) is 6.26 Å². The number of nitrogens with one attached hydrogen (secondary N) is 1. The number of aryl methyl sites for hydroxylation is 1. The van der Waals surface area contributed by atoms with Gasteiger partial charge < -0.3 is 28.8 Å². The van der Waals surface area contributed by atoms with Crippen molar-refractivity contribution in [2.24, 2.45) is 12.0 Å². The average molecular weight is 418 g/mol. The molecule has 30 heavy (non-hydrogen) atoms. The van der Waals surface area contributed by atoms with E-state index in [1.54, 1.807) is 12.1 Å². The molecule has 3 rings (SSSR count). The van der Waals surface area contributed by atoms with Crippen molar-refractivity contribution >= 4 is 11.9 Å². The molecule has 10 nitrogen and oxygen atoms in total. The van der Waals surface area contributed by atoms with E-state index in [9.17, 15) is 4.79 Å². The van der Waals surface area contributed by atoms with Crippen molar-refractivity contribution in [1.82, 2.24) is 29.9 Å². The second-order valence-corrected chi connectivity index (χ2v) is 7.10. The first-order chi connectivity index (χ1) is 14.6. The number of guanidine groups is 1. The minimum Gasteiger partial charge on any atom is -0.459 e. The lowest BCUT2D eigenvalue weighted by atomic mass is 10.3. The molecule has 0 radical (unpaired) electrons. The molecule has 0 bridgehead atoms. The molecule has 1 N–H and O–H groups in total. The third-order valence-electron chi connectivity index (χ3n) is 5.10. The smallest absolute Gasteiger partial charge is 0.289 e. The van der Waals surface area contributed by atoms with Gasteiger partial charge in [-0.2, -0.15) is 0 Å². The predicted octanol–water partition coefficient (Wildman–Crippen LogP) is 1.05. The summed E-state index contributed by atoms with van der Waals surface area (Å²) in [6, 6.07) is 3.43. The highest BCUT2D eigenvalue weighted by atomic mass is 16.5. The van der Waals surface area contributed by atoms with Crippen molar-refractivity contribution in [2.45, 2.75) is 26.8 Å². The summed E-state index contributed by atoms with van der Waals surface area (Å²) in [6.45, 7) is 9.17. The molecule has 0 unspecified atom stereocenters. The van der Waals surface area contributed by atoms with Crippen molar-refractivity contribution in [3.8, 4) is 0 Å². The molecule has 1 saturated heterocycles. The second kappa shape index (κ2) is 10.8. The number of amides is 1. The molecular weight excluding hydrogens is 386 g/mol. The maximum Gasteiger partial charge on any atom is 0.289 e. The summed E-state index contributed by atoms with van der Waals surface area (Å²) in [5.74, 6) is 2.79. The molecule has 2 aromatic heterocycles. The highest BCUT2D eigenvalue weighted by Gasteiger charge is 2.25. The molecule has 1 aliphatic heterocycles. The van der Waals surface area contributed by atoms with Crippen molar-refractivity contribution < 1.29 is 13.9 Å². The highest BCUT2D eigenvalue weighted by molar-refractivity contribution is 5.91. The van der Waals surface area contributed by atoms with E-state index in [4.69, 9.17) is 14.1 Å². The summed E-state index contributed by atoms with van der Waals surface area (Å²) in [7, 11) is 1.94. The molecule has 10 heteroatoms. The van der Waals surface area contributed by atoms with E-state index in [1.807, 2.05) is 30.4 Å². The summed E-state index contributed by atoms with van der Waals surface area (Å²) in [5, 5.41) is 11.7. The first-order valence-electron chi connectivity index (χ1n) is 10.4. The van der Waals surface area contributed by atoms with Crippen LogP contribution in [0.5, 0.6) is 0 Å². The van der Waals surface area contributed by atoms with E-state index >= 15 is 0 Å². The van der Waals surface area contributed by atoms with Crippen LogP contribution in [0.1, 0.15) is 35.5 Å². The maximum absolute atomic E-state index is 12.5. The predicted molar refractivity (Wildman–Crippen MR) is 112 cm³/mol. The van der Waals surface area contributed by atoms with Gasteiger partial charge in [0.05, 0.1) is 6.26 Å². The van der Waals surface area contributed by atoms with E-state index in [-0.39, 0.29) is 5.91 Å². The van der Waals surface area contributed by atoms with Gasteiger partial charge in [0, 0.05) is 53.0 Å². The Kier molecular flexibility index (Phi) is 7.83. The summed E-state index contributed by atoms with van der Waals surface area (Å²) in [6.07, 6.45) is 2.42. The van der Waals surface area contributed by atoms with Gasteiger partial charge >= 0.3 is 0 Å². The van der Waals surface area contributed by atoms with E-state index in [0.717, 1.165) is 37.2 Å². The average Bonchev–Trinajstić information content (AvgIpc) is 3.41. The minimum absolute atomic E-state index is 0.0719. The molecule has 0 atom stereocenters. The number of piperazine rings is 1. The van der Waals surface area contributed by atoms with Gasteiger partial charge in [-0.25, -0.2) is 4.99 Å². The van der Waals surface area contributed by atoms with Gasteiger partial charge in [0.1, 0.15) is 12.4 Å². The lowest BCUT2D eigenvalue weighted by molar-refractivity contribution is 0.0657. The number of rotatable bonds is 8. The quantitative estimate of drug-likeness (QED) is 0.389. The number of aliphatic imine (C=N–C) groups is 1. The standard InChI is InChI=1S/C20H31N7O3/c1-4-29-13-6-8-21-20(22-15-18-24-23-16(2)25(18)3)27-11-9-26(10-12-27)19(28)17-7-5-14-30-17/h5,7,14H,4,6,8-13,15H2,1-3H3,(H,21,22). The van der Waals surface area contributed by atoms with Crippen LogP contribution >= 0.6 is 0 Å². The fraction of sp³-hybridized carbons (Fsp3) is 0.600. The topological polar surface area (TPSA) is 101 Å².